The Hall–Kier alpha value is -1.34. The first-order valence-electron chi connectivity index (χ1n) is 6.95. The second kappa shape index (κ2) is 10.4. The maximum absolute atomic E-state index is 5.89. The molecule has 0 aliphatic heterocycles. The number of methoxy groups -OCH3 is 1. The molecular weight excluding hydrogens is 252 g/mol. The molecule has 0 bridgehead atoms. The minimum absolute atomic E-state index is 0.0257. The predicted molar refractivity (Wildman–Crippen MR) is 80.4 cm³/mol. The van der Waals surface area contributed by atoms with E-state index in [-0.39, 0.29) is 12.2 Å². The molecule has 3 nitrogen and oxygen atoms in total. The molecule has 0 unspecified atom stereocenters. The summed E-state index contributed by atoms with van der Waals surface area (Å²) in [6.45, 7) is 3.82. The van der Waals surface area contributed by atoms with Crippen molar-refractivity contribution in [3.05, 3.63) is 35.9 Å². The summed E-state index contributed by atoms with van der Waals surface area (Å²) < 4.78 is 16.5. The average Bonchev–Trinajstić information content (AvgIpc) is 2.46. The van der Waals surface area contributed by atoms with E-state index < -0.39 is 0 Å². The molecule has 1 aromatic rings. The zero-order chi connectivity index (χ0) is 14.6. The highest BCUT2D eigenvalue weighted by Crippen LogP contribution is 2.12. The molecule has 1 aromatic carbocycles. The number of hydrogen-bond acceptors (Lipinski definition) is 3. The van der Waals surface area contributed by atoms with E-state index in [1.807, 2.05) is 37.3 Å². The first-order chi connectivity index (χ1) is 9.76. The van der Waals surface area contributed by atoms with Crippen LogP contribution >= 0.6 is 0 Å². The number of hydrogen-bond donors (Lipinski definition) is 0. The summed E-state index contributed by atoms with van der Waals surface area (Å²) in [7, 11) is 1.66. The van der Waals surface area contributed by atoms with E-state index >= 15 is 0 Å². The molecule has 0 fully saturated rings. The molecule has 0 N–H and O–H groups in total. The van der Waals surface area contributed by atoms with Crippen LogP contribution in [-0.4, -0.2) is 32.5 Å². The predicted octanol–water partition coefficient (Wildman–Crippen LogP) is 3.04. The summed E-state index contributed by atoms with van der Waals surface area (Å²) in [6.07, 6.45) is 6.94. The molecule has 0 heterocycles. The third-order valence-electron chi connectivity index (χ3n) is 2.96. The second-order valence-electron chi connectivity index (χ2n) is 4.74. The Labute approximate surface area is 122 Å². The van der Waals surface area contributed by atoms with Crippen LogP contribution in [0.2, 0.25) is 0 Å². The Morgan fingerprint density at radius 2 is 1.90 bits per heavy atom. The van der Waals surface area contributed by atoms with Crippen molar-refractivity contribution in [3.63, 3.8) is 0 Å². The maximum atomic E-state index is 5.89. The summed E-state index contributed by atoms with van der Waals surface area (Å²) in [6, 6.07) is 10.1. The molecule has 110 valence electrons. The van der Waals surface area contributed by atoms with Crippen molar-refractivity contribution in [2.75, 3.05) is 20.3 Å². The van der Waals surface area contributed by atoms with Crippen LogP contribution < -0.4 is 0 Å². The number of terminal acetylenes is 1. The van der Waals surface area contributed by atoms with Crippen LogP contribution in [0.15, 0.2) is 30.3 Å². The summed E-state index contributed by atoms with van der Waals surface area (Å²) in [4.78, 5) is 0. The van der Waals surface area contributed by atoms with Gasteiger partial charge >= 0.3 is 0 Å². The van der Waals surface area contributed by atoms with Gasteiger partial charge in [-0.1, -0.05) is 30.3 Å². The van der Waals surface area contributed by atoms with Crippen LogP contribution in [0.4, 0.5) is 0 Å². The Balaban J connectivity index is 2.34. The van der Waals surface area contributed by atoms with Crippen molar-refractivity contribution in [2.24, 2.45) is 0 Å². The SMILES string of the molecule is C#CC[C@H](C[C@H](C)OCCOC)OCc1ccccc1. The Bertz CT molecular complexity index is 383. The quantitative estimate of drug-likeness (QED) is 0.485. The van der Waals surface area contributed by atoms with Gasteiger partial charge in [-0.3, -0.25) is 0 Å². The van der Waals surface area contributed by atoms with E-state index in [9.17, 15) is 0 Å². The minimum Gasteiger partial charge on any atom is -0.382 e. The highest BCUT2D eigenvalue weighted by Gasteiger charge is 2.13. The van der Waals surface area contributed by atoms with Gasteiger partial charge in [0.05, 0.1) is 32.0 Å². The van der Waals surface area contributed by atoms with E-state index in [0.29, 0.717) is 26.2 Å². The lowest BCUT2D eigenvalue weighted by atomic mass is 10.1. The summed E-state index contributed by atoms with van der Waals surface area (Å²) in [5.74, 6) is 2.67. The van der Waals surface area contributed by atoms with Crippen LogP contribution in [0.1, 0.15) is 25.3 Å². The van der Waals surface area contributed by atoms with E-state index in [1.165, 1.54) is 0 Å². The Kier molecular flexibility index (Phi) is 8.73. The largest absolute Gasteiger partial charge is 0.382 e. The van der Waals surface area contributed by atoms with E-state index in [1.54, 1.807) is 7.11 Å². The third-order valence-corrected chi connectivity index (χ3v) is 2.96. The molecule has 0 aliphatic carbocycles. The molecule has 0 amide bonds. The molecule has 3 heteroatoms. The maximum Gasteiger partial charge on any atom is 0.0721 e. The van der Waals surface area contributed by atoms with Gasteiger partial charge in [0.25, 0.3) is 0 Å². The lowest BCUT2D eigenvalue weighted by molar-refractivity contribution is -0.0263. The van der Waals surface area contributed by atoms with Crippen LogP contribution in [0.25, 0.3) is 0 Å². The van der Waals surface area contributed by atoms with Gasteiger partial charge in [0.2, 0.25) is 0 Å². The fourth-order valence-corrected chi connectivity index (χ4v) is 1.90. The van der Waals surface area contributed by atoms with Crippen LogP contribution in [0.3, 0.4) is 0 Å². The highest BCUT2D eigenvalue weighted by atomic mass is 16.5. The lowest BCUT2D eigenvalue weighted by Gasteiger charge is -2.20. The van der Waals surface area contributed by atoms with Crippen LogP contribution in [0, 0.1) is 12.3 Å². The van der Waals surface area contributed by atoms with Crippen molar-refractivity contribution >= 4 is 0 Å². The topological polar surface area (TPSA) is 27.7 Å². The monoisotopic (exact) mass is 276 g/mol. The molecule has 0 saturated carbocycles. The first kappa shape index (κ1) is 16.7. The van der Waals surface area contributed by atoms with Crippen molar-refractivity contribution in [3.8, 4) is 12.3 Å². The Morgan fingerprint density at radius 3 is 2.55 bits per heavy atom. The van der Waals surface area contributed by atoms with Gasteiger partial charge in [0.1, 0.15) is 0 Å². The fraction of sp³-hybridized carbons (Fsp3) is 0.529. The van der Waals surface area contributed by atoms with E-state index in [0.717, 1.165) is 12.0 Å². The number of rotatable bonds is 10. The molecule has 0 aromatic heterocycles. The zero-order valence-electron chi connectivity index (χ0n) is 12.4. The summed E-state index contributed by atoms with van der Waals surface area (Å²) >= 11 is 0. The van der Waals surface area contributed by atoms with Gasteiger partial charge < -0.3 is 14.2 Å². The van der Waals surface area contributed by atoms with Crippen LogP contribution in [-0.2, 0) is 20.8 Å². The lowest BCUT2D eigenvalue weighted by Crippen LogP contribution is -2.22. The van der Waals surface area contributed by atoms with Gasteiger partial charge in [-0.2, -0.15) is 0 Å². The van der Waals surface area contributed by atoms with Crippen LogP contribution in [0.5, 0.6) is 0 Å². The van der Waals surface area contributed by atoms with Crippen molar-refractivity contribution < 1.29 is 14.2 Å². The van der Waals surface area contributed by atoms with Gasteiger partial charge in [-0.15, -0.1) is 12.3 Å². The summed E-state index contributed by atoms with van der Waals surface area (Å²) in [5, 5.41) is 0. The van der Waals surface area contributed by atoms with E-state index in [4.69, 9.17) is 20.6 Å². The van der Waals surface area contributed by atoms with Gasteiger partial charge in [-0.25, -0.2) is 0 Å². The fourth-order valence-electron chi connectivity index (χ4n) is 1.90. The normalized spacial score (nSPS) is 13.7. The number of benzene rings is 1. The van der Waals surface area contributed by atoms with Gasteiger partial charge in [0.15, 0.2) is 0 Å². The molecule has 0 radical (unpaired) electrons. The molecule has 20 heavy (non-hydrogen) atoms. The van der Waals surface area contributed by atoms with Gasteiger partial charge in [-0.05, 0) is 12.5 Å². The average molecular weight is 276 g/mol. The number of ether oxygens (including phenoxy) is 3. The second-order valence-corrected chi connectivity index (χ2v) is 4.74. The minimum atomic E-state index is 0.0257. The van der Waals surface area contributed by atoms with Crippen molar-refractivity contribution in [1.82, 2.24) is 0 Å². The Morgan fingerprint density at radius 1 is 1.15 bits per heavy atom. The van der Waals surface area contributed by atoms with Gasteiger partial charge in [0, 0.05) is 20.0 Å². The molecule has 0 aliphatic rings. The first-order valence-corrected chi connectivity index (χ1v) is 6.95. The molecule has 2 atom stereocenters. The summed E-state index contributed by atoms with van der Waals surface area (Å²) in [5.41, 5.74) is 1.16. The van der Waals surface area contributed by atoms with Crippen molar-refractivity contribution in [1.29, 1.82) is 0 Å². The highest BCUT2D eigenvalue weighted by molar-refractivity contribution is 5.13. The molecule has 0 spiro atoms. The molecule has 1 rings (SSSR count). The third kappa shape index (κ3) is 7.30. The smallest absolute Gasteiger partial charge is 0.0721 e. The van der Waals surface area contributed by atoms with Crippen molar-refractivity contribution in [2.45, 2.75) is 38.6 Å². The van der Waals surface area contributed by atoms with E-state index in [2.05, 4.69) is 5.92 Å². The molecule has 0 saturated heterocycles. The zero-order valence-corrected chi connectivity index (χ0v) is 12.4. The standard InChI is InChI=1S/C17H24O3/c1-4-8-17(13-15(2)19-12-11-18-3)20-14-16-9-6-5-7-10-16/h1,5-7,9-10,15,17H,8,11-14H2,2-3H3/t15-,17+/m0/s1. The molecular formula is C17H24O3.